The molecule has 4 heteroatoms. The highest BCUT2D eigenvalue weighted by Crippen LogP contribution is 2.35. The minimum Gasteiger partial charge on any atom is -0.493 e. The average Bonchev–Trinajstić information content (AvgIpc) is 2.35. The minimum absolute atomic E-state index is 0.214. The van der Waals surface area contributed by atoms with Crippen molar-refractivity contribution in [3.63, 3.8) is 0 Å². The van der Waals surface area contributed by atoms with E-state index in [-0.39, 0.29) is 6.42 Å². The topological polar surface area (TPSA) is 55.8 Å². The van der Waals surface area contributed by atoms with Gasteiger partial charge < -0.3 is 14.6 Å². The van der Waals surface area contributed by atoms with E-state index in [0.717, 1.165) is 35.5 Å². The van der Waals surface area contributed by atoms with Crippen molar-refractivity contribution < 1.29 is 19.4 Å². The normalized spacial score (nSPS) is 10.2. The van der Waals surface area contributed by atoms with Crippen molar-refractivity contribution in [2.75, 3.05) is 14.2 Å². The van der Waals surface area contributed by atoms with E-state index in [4.69, 9.17) is 14.6 Å². The summed E-state index contributed by atoms with van der Waals surface area (Å²) in [5.41, 5.74) is 2.09. The summed E-state index contributed by atoms with van der Waals surface area (Å²) in [5, 5.41) is 8.59. The van der Waals surface area contributed by atoms with Crippen LogP contribution in [0.1, 0.15) is 30.4 Å². The molecule has 0 unspecified atom stereocenters. The Kier molecular flexibility index (Phi) is 5.49. The van der Waals surface area contributed by atoms with Gasteiger partial charge in [0.25, 0.3) is 0 Å². The third kappa shape index (κ3) is 3.65. The Balaban J connectivity index is 2.73. The first-order valence-electron chi connectivity index (χ1n) is 6.02. The number of benzene rings is 1. The predicted octanol–water partition coefficient (Wildman–Crippen LogP) is 2.81. The van der Waals surface area contributed by atoms with Crippen LogP contribution in [0.4, 0.5) is 0 Å². The molecule has 0 amide bonds. The Hall–Kier alpha value is -1.71. The molecule has 4 nitrogen and oxygen atoms in total. The van der Waals surface area contributed by atoms with Crippen molar-refractivity contribution in [1.82, 2.24) is 0 Å². The second kappa shape index (κ2) is 6.89. The molecular weight excluding hydrogens is 232 g/mol. The van der Waals surface area contributed by atoms with Gasteiger partial charge in [0.1, 0.15) is 0 Å². The first-order valence-corrected chi connectivity index (χ1v) is 6.02. The van der Waals surface area contributed by atoms with E-state index in [2.05, 4.69) is 0 Å². The summed E-state index contributed by atoms with van der Waals surface area (Å²) in [6, 6.07) is 4.01. The van der Waals surface area contributed by atoms with Crippen LogP contribution >= 0.6 is 0 Å². The van der Waals surface area contributed by atoms with Crippen molar-refractivity contribution in [1.29, 1.82) is 0 Å². The van der Waals surface area contributed by atoms with Crippen LogP contribution in [0.3, 0.4) is 0 Å². The number of rotatable bonds is 7. The molecule has 0 spiro atoms. The standard InChI is InChI=1S/C14H20O4/c1-10-8-9-11(6-4-5-7-12(15)16)14(18-3)13(10)17-2/h8-9H,4-7H2,1-3H3,(H,15,16). The number of carboxylic acid groups (broad SMARTS) is 1. The highest BCUT2D eigenvalue weighted by atomic mass is 16.5. The molecule has 0 atom stereocenters. The van der Waals surface area contributed by atoms with Gasteiger partial charge in [0.2, 0.25) is 0 Å². The van der Waals surface area contributed by atoms with Gasteiger partial charge in [-0.25, -0.2) is 0 Å². The zero-order valence-corrected chi connectivity index (χ0v) is 11.2. The first kappa shape index (κ1) is 14.4. The number of aliphatic carboxylic acids is 1. The fourth-order valence-corrected chi connectivity index (χ4v) is 1.97. The van der Waals surface area contributed by atoms with E-state index in [1.165, 1.54) is 0 Å². The lowest BCUT2D eigenvalue weighted by molar-refractivity contribution is -0.137. The fourth-order valence-electron chi connectivity index (χ4n) is 1.97. The van der Waals surface area contributed by atoms with Gasteiger partial charge in [-0.05, 0) is 37.3 Å². The quantitative estimate of drug-likeness (QED) is 0.758. The maximum Gasteiger partial charge on any atom is 0.303 e. The molecule has 0 aliphatic carbocycles. The molecular formula is C14H20O4. The second-order valence-electron chi connectivity index (χ2n) is 4.21. The van der Waals surface area contributed by atoms with Crippen LogP contribution in [-0.4, -0.2) is 25.3 Å². The summed E-state index contributed by atoms with van der Waals surface area (Å²) in [5.74, 6) is 0.768. The van der Waals surface area contributed by atoms with E-state index in [9.17, 15) is 4.79 Å². The molecule has 0 aromatic heterocycles. The van der Waals surface area contributed by atoms with Gasteiger partial charge in [0.05, 0.1) is 14.2 Å². The van der Waals surface area contributed by atoms with Gasteiger partial charge in [0, 0.05) is 6.42 Å². The van der Waals surface area contributed by atoms with Crippen molar-refractivity contribution in [3.8, 4) is 11.5 Å². The van der Waals surface area contributed by atoms with Crippen molar-refractivity contribution >= 4 is 5.97 Å². The third-order valence-corrected chi connectivity index (χ3v) is 2.89. The first-order chi connectivity index (χ1) is 8.60. The van der Waals surface area contributed by atoms with Gasteiger partial charge in [-0.15, -0.1) is 0 Å². The Morgan fingerprint density at radius 1 is 1.17 bits per heavy atom. The Labute approximate surface area is 108 Å². The summed E-state index contributed by atoms with van der Waals surface area (Å²) < 4.78 is 10.7. The molecule has 100 valence electrons. The molecule has 0 fully saturated rings. The largest absolute Gasteiger partial charge is 0.493 e. The zero-order chi connectivity index (χ0) is 13.5. The second-order valence-corrected chi connectivity index (χ2v) is 4.21. The van der Waals surface area contributed by atoms with Gasteiger partial charge in [0.15, 0.2) is 11.5 Å². The van der Waals surface area contributed by atoms with Crippen LogP contribution in [0.2, 0.25) is 0 Å². The van der Waals surface area contributed by atoms with E-state index < -0.39 is 5.97 Å². The summed E-state index contributed by atoms with van der Waals surface area (Å²) in [6.45, 7) is 1.97. The van der Waals surface area contributed by atoms with Crippen LogP contribution < -0.4 is 9.47 Å². The van der Waals surface area contributed by atoms with E-state index in [1.54, 1.807) is 14.2 Å². The van der Waals surface area contributed by atoms with E-state index in [1.807, 2.05) is 19.1 Å². The molecule has 0 saturated heterocycles. The number of carboxylic acids is 1. The SMILES string of the molecule is COc1c(C)ccc(CCCCC(=O)O)c1OC. The van der Waals surface area contributed by atoms with Crippen LogP contribution in [0.15, 0.2) is 12.1 Å². The Morgan fingerprint density at radius 2 is 1.83 bits per heavy atom. The lowest BCUT2D eigenvalue weighted by atomic mass is 10.0. The summed E-state index contributed by atoms with van der Waals surface area (Å²) in [6.07, 6.45) is 2.52. The van der Waals surface area contributed by atoms with Crippen LogP contribution in [0.5, 0.6) is 11.5 Å². The molecule has 0 radical (unpaired) electrons. The summed E-state index contributed by atoms with van der Waals surface area (Å²) >= 11 is 0. The van der Waals surface area contributed by atoms with Gasteiger partial charge >= 0.3 is 5.97 Å². The molecule has 1 aromatic rings. The lowest BCUT2D eigenvalue weighted by Gasteiger charge is -2.14. The highest BCUT2D eigenvalue weighted by molar-refractivity contribution is 5.66. The van der Waals surface area contributed by atoms with Gasteiger partial charge in [-0.2, -0.15) is 0 Å². The maximum atomic E-state index is 10.4. The monoisotopic (exact) mass is 252 g/mol. The number of ether oxygens (including phenoxy) is 2. The number of carbonyl (C=O) groups is 1. The van der Waals surface area contributed by atoms with Gasteiger partial charge in [-0.1, -0.05) is 12.1 Å². The zero-order valence-electron chi connectivity index (χ0n) is 11.2. The molecule has 0 heterocycles. The Morgan fingerprint density at radius 3 is 2.39 bits per heavy atom. The molecule has 0 saturated carbocycles. The number of hydrogen-bond donors (Lipinski definition) is 1. The minimum atomic E-state index is -0.747. The van der Waals surface area contributed by atoms with Crippen LogP contribution in [0, 0.1) is 6.92 Å². The number of hydrogen-bond acceptors (Lipinski definition) is 3. The van der Waals surface area contributed by atoms with Crippen LogP contribution in [0.25, 0.3) is 0 Å². The molecule has 0 bridgehead atoms. The lowest BCUT2D eigenvalue weighted by Crippen LogP contribution is -1.99. The van der Waals surface area contributed by atoms with Crippen molar-refractivity contribution in [2.24, 2.45) is 0 Å². The molecule has 1 aromatic carbocycles. The maximum absolute atomic E-state index is 10.4. The number of methoxy groups -OCH3 is 2. The highest BCUT2D eigenvalue weighted by Gasteiger charge is 2.12. The van der Waals surface area contributed by atoms with Gasteiger partial charge in [-0.3, -0.25) is 4.79 Å². The smallest absolute Gasteiger partial charge is 0.303 e. The van der Waals surface area contributed by atoms with Crippen molar-refractivity contribution in [3.05, 3.63) is 23.3 Å². The molecule has 1 rings (SSSR count). The molecule has 18 heavy (non-hydrogen) atoms. The average molecular weight is 252 g/mol. The molecule has 0 aliphatic heterocycles. The van der Waals surface area contributed by atoms with E-state index >= 15 is 0 Å². The fraction of sp³-hybridized carbons (Fsp3) is 0.500. The van der Waals surface area contributed by atoms with Crippen molar-refractivity contribution in [2.45, 2.75) is 32.6 Å². The van der Waals surface area contributed by atoms with E-state index in [0.29, 0.717) is 6.42 Å². The summed E-state index contributed by atoms with van der Waals surface area (Å²) in [4.78, 5) is 10.4. The molecule has 0 aliphatic rings. The number of unbranched alkanes of at least 4 members (excludes halogenated alkanes) is 1. The molecule has 1 N–H and O–H groups in total. The summed E-state index contributed by atoms with van der Waals surface area (Å²) in [7, 11) is 3.25. The third-order valence-electron chi connectivity index (χ3n) is 2.89. The Bertz CT molecular complexity index is 413. The van der Waals surface area contributed by atoms with Crippen LogP contribution in [-0.2, 0) is 11.2 Å². The predicted molar refractivity (Wildman–Crippen MR) is 69.5 cm³/mol. The number of aryl methyl sites for hydroxylation is 2.